The van der Waals surface area contributed by atoms with E-state index in [9.17, 15) is 9.59 Å². The summed E-state index contributed by atoms with van der Waals surface area (Å²) in [5.74, 6) is -0.645. The average Bonchev–Trinajstić information content (AvgIpc) is 3.21. The van der Waals surface area contributed by atoms with E-state index in [1.54, 1.807) is 0 Å². The summed E-state index contributed by atoms with van der Waals surface area (Å²) in [7, 11) is -0.217. The second-order valence-electron chi connectivity index (χ2n) is 6.42. The van der Waals surface area contributed by atoms with Gasteiger partial charge in [-0.05, 0) is 31.8 Å². The number of carbonyl (C=O) groups is 2. The van der Waals surface area contributed by atoms with Crippen LogP contribution in [0.25, 0.3) is 0 Å². The first-order chi connectivity index (χ1) is 11.1. The van der Waals surface area contributed by atoms with Crippen LogP contribution in [0, 0.1) is 11.8 Å². The molecule has 3 fully saturated rings. The zero-order valence-corrected chi connectivity index (χ0v) is 14.2. The van der Waals surface area contributed by atoms with Gasteiger partial charge in [0.15, 0.2) is 0 Å². The molecule has 0 saturated carbocycles. The molecule has 5 unspecified atom stereocenters. The second kappa shape index (κ2) is 7.53. The Morgan fingerprint density at radius 2 is 1.74 bits per heavy atom. The maximum absolute atomic E-state index is 12.4. The standard InChI is InChI=1S/C15H24NO6P/c1-23(9-7-21-19)8-6-20-5-4-16-14(17)12-10-2-3-11(22-10)13(12)15(16)18/h10-13,19H,2-9H2,1H3. The van der Waals surface area contributed by atoms with E-state index >= 15 is 0 Å². The number of imide groups is 1. The van der Waals surface area contributed by atoms with Crippen molar-refractivity contribution < 1.29 is 29.2 Å². The molecule has 0 spiro atoms. The molecule has 3 aliphatic rings. The highest BCUT2D eigenvalue weighted by atomic mass is 31.1. The first-order valence-corrected chi connectivity index (χ1v) is 10.3. The van der Waals surface area contributed by atoms with Crippen molar-refractivity contribution in [3.8, 4) is 0 Å². The van der Waals surface area contributed by atoms with Crippen LogP contribution < -0.4 is 0 Å². The molecular formula is C15H24NO6P. The van der Waals surface area contributed by atoms with Crippen LogP contribution in [0.2, 0.25) is 0 Å². The molecular weight excluding hydrogens is 321 g/mol. The van der Waals surface area contributed by atoms with E-state index in [1.165, 1.54) is 4.90 Å². The van der Waals surface area contributed by atoms with Crippen LogP contribution in [0.5, 0.6) is 0 Å². The lowest BCUT2D eigenvalue weighted by Gasteiger charge is -2.18. The SMILES string of the molecule is CP(CCOO)CCOCCN1C(=O)C2C3CCC(O3)C2C1=O. The lowest BCUT2D eigenvalue weighted by atomic mass is 9.81. The van der Waals surface area contributed by atoms with E-state index in [4.69, 9.17) is 14.7 Å². The van der Waals surface area contributed by atoms with Crippen LogP contribution in [-0.4, -0.2) is 79.5 Å². The van der Waals surface area contributed by atoms with Crippen molar-refractivity contribution in [2.24, 2.45) is 11.8 Å². The molecule has 3 saturated heterocycles. The summed E-state index contributed by atoms with van der Waals surface area (Å²) in [6.07, 6.45) is 3.45. The quantitative estimate of drug-likeness (QED) is 0.218. The smallest absolute Gasteiger partial charge is 0.235 e. The fourth-order valence-electron chi connectivity index (χ4n) is 3.78. The molecule has 3 rings (SSSR count). The van der Waals surface area contributed by atoms with Gasteiger partial charge in [-0.2, -0.15) is 0 Å². The fourth-order valence-corrected chi connectivity index (χ4v) is 4.84. The Morgan fingerprint density at radius 1 is 1.13 bits per heavy atom. The Balaban J connectivity index is 1.38. The number of fused-ring (bicyclic) bond motifs is 5. The molecule has 5 atom stereocenters. The van der Waals surface area contributed by atoms with Crippen LogP contribution in [-0.2, 0) is 24.0 Å². The Kier molecular flexibility index (Phi) is 5.65. The highest BCUT2D eigenvalue weighted by molar-refractivity contribution is 7.56. The van der Waals surface area contributed by atoms with E-state index < -0.39 is 0 Å². The number of carbonyl (C=O) groups excluding carboxylic acids is 2. The molecule has 0 aliphatic carbocycles. The predicted octanol–water partition coefficient (Wildman–Crippen LogP) is 0.767. The van der Waals surface area contributed by atoms with Gasteiger partial charge in [0.25, 0.3) is 0 Å². The first-order valence-electron chi connectivity index (χ1n) is 8.17. The molecule has 8 heteroatoms. The summed E-state index contributed by atoms with van der Waals surface area (Å²) in [4.78, 5) is 30.3. The predicted molar refractivity (Wildman–Crippen MR) is 83.6 cm³/mol. The summed E-state index contributed by atoms with van der Waals surface area (Å²) >= 11 is 0. The third-order valence-corrected chi connectivity index (χ3v) is 6.91. The number of ether oxygens (including phenoxy) is 2. The van der Waals surface area contributed by atoms with Crippen molar-refractivity contribution in [2.45, 2.75) is 25.0 Å². The van der Waals surface area contributed by atoms with Gasteiger partial charge >= 0.3 is 0 Å². The van der Waals surface area contributed by atoms with Gasteiger partial charge in [-0.3, -0.25) is 19.7 Å². The van der Waals surface area contributed by atoms with Crippen LogP contribution >= 0.6 is 7.92 Å². The molecule has 0 aromatic heterocycles. The fraction of sp³-hybridized carbons (Fsp3) is 0.867. The molecule has 23 heavy (non-hydrogen) atoms. The summed E-state index contributed by atoms with van der Waals surface area (Å²) in [6, 6.07) is 0. The van der Waals surface area contributed by atoms with Crippen molar-refractivity contribution >= 4 is 19.7 Å². The second-order valence-corrected chi connectivity index (χ2v) is 9.03. The topological polar surface area (TPSA) is 85.3 Å². The van der Waals surface area contributed by atoms with Gasteiger partial charge in [0.2, 0.25) is 11.8 Å². The summed E-state index contributed by atoms with van der Waals surface area (Å²) in [5, 5.41) is 8.31. The van der Waals surface area contributed by atoms with E-state index in [-0.39, 0.29) is 43.8 Å². The number of amides is 2. The van der Waals surface area contributed by atoms with Crippen LogP contribution in [0.4, 0.5) is 0 Å². The molecule has 3 heterocycles. The van der Waals surface area contributed by atoms with Crippen LogP contribution in [0.1, 0.15) is 12.8 Å². The van der Waals surface area contributed by atoms with Crippen molar-refractivity contribution in [1.29, 1.82) is 0 Å². The lowest BCUT2D eigenvalue weighted by molar-refractivity contribution is -0.237. The minimum Gasteiger partial charge on any atom is -0.379 e. The van der Waals surface area contributed by atoms with E-state index in [0.717, 1.165) is 25.2 Å². The Hall–Kier alpha value is -0.590. The number of hydrogen-bond donors (Lipinski definition) is 1. The highest BCUT2D eigenvalue weighted by Gasteiger charge is 2.62. The number of rotatable bonds is 9. The molecule has 0 radical (unpaired) electrons. The van der Waals surface area contributed by atoms with Gasteiger partial charge in [0.05, 0.1) is 50.4 Å². The Labute approximate surface area is 136 Å². The molecule has 0 aromatic carbocycles. The van der Waals surface area contributed by atoms with Gasteiger partial charge in [-0.15, -0.1) is 7.92 Å². The van der Waals surface area contributed by atoms with Gasteiger partial charge in [-0.25, -0.2) is 4.89 Å². The third kappa shape index (κ3) is 3.44. The van der Waals surface area contributed by atoms with Crippen molar-refractivity contribution in [1.82, 2.24) is 4.90 Å². The third-order valence-electron chi connectivity index (χ3n) is 5.02. The molecule has 2 amide bonds. The van der Waals surface area contributed by atoms with Crippen LogP contribution in [0.3, 0.4) is 0 Å². The minimum atomic E-state index is -0.247. The van der Waals surface area contributed by atoms with Gasteiger partial charge in [0, 0.05) is 0 Å². The highest BCUT2D eigenvalue weighted by Crippen LogP contribution is 2.48. The molecule has 0 aromatic rings. The first kappa shape index (κ1) is 17.2. The monoisotopic (exact) mass is 345 g/mol. The maximum Gasteiger partial charge on any atom is 0.235 e. The summed E-state index contributed by atoms with van der Waals surface area (Å²) in [6.45, 7) is 3.80. The zero-order valence-electron chi connectivity index (χ0n) is 13.3. The Bertz CT molecular complexity index is 433. The molecule has 130 valence electrons. The molecule has 3 aliphatic heterocycles. The number of likely N-dealkylation sites (tertiary alicyclic amines) is 1. The van der Waals surface area contributed by atoms with Crippen molar-refractivity contribution in [2.75, 3.05) is 45.4 Å². The van der Waals surface area contributed by atoms with E-state index in [0.29, 0.717) is 26.4 Å². The van der Waals surface area contributed by atoms with E-state index in [2.05, 4.69) is 11.6 Å². The summed E-state index contributed by atoms with van der Waals surface area (Å²) in [5.41, 5.74) is 0. The minimum absolute atomic E-state index is 0.0511. The van der Waals surface area contributed by atoms with Crippen LogP contribution in [0.15, 0.2) is 0 Å². The molecule has 7 nitrogen and oxygen atoms in total. The van der Waals surface area contributed by atoms with E-state index in [1.807, 2.05) is 0 Å². The summed E-state index contributed by atoms with van der Waals surface area (Å²) < 4.78 is 11.3. The van der Waals surface area contributed by atoms with Crippen molar-refractivity contribution in [3.63, 3.8) is 0 Å². The molecule has 2 bridgehead atoms. The van der Waals surface area contributed by atoms with Gasteiger partial charge in [-0.1, -0.05) is 0 Å². The largest absolute Gasteiger partial charge is 0.379 e. The molecule has 1 N–H and O–H groups in total. The lowest BCUT2D eigenvalue weighted by Crippen LogP contribution is -2.36. The number of hydrogen-bond acceptors (Lipinski definition) is 6. The van der Waals surface area contributed by atoms with Gasteiger partial charge in [0.1, 0.15) is 0 Å². The maximum atomic E-state index is 12.4. The Morgan fingerprint density at radius 3 is 2.35 bits per heavy atom. The van der Waals surface area contributed by atoms with Crippen molar-refractivity contribution in [3.05, 3.63) is 0 Å². The normalized spacial score (nSPS) is 33.6. The average molecular weight is 345 g/mol. The zero-order chi connectivity index (χ0) is 16.4. The van der Waals surface area contributed by atoms with Gasteiger partial charge < -0.3 is 9.47 Å². The number of nitrogens with zero attached hydrogens (tertiary/aromatic N) is 1.